The van der Waals surface area contributed by atoms with E-state index in [1.807, 2.05) is 12.1 Å². The molecule has 0 saturated carbocycles. The number of hydrogen-bond donors (Lipinski definition) is 4. The molecule has 8 bridgehead atoms. The number of fused-ring (bicyclic) bond motifs is 8. The van der Waals surface area contributed by atoms with Crippen LogP contribution in [0.2, 0.25) is 0 Å². The van der Waals surface area contributed by atoms with E-state index in [-0.39, 0.29) is 0 Å². The third-order valence-electron chi connectivity index (χ3n) is 9.01. The van der Waals surface area contributed by atoms with Gasteiger partial charge in [0.05, 0.1) is 0 Å². The van der Waals surface area contributed by atoms with E-state index in [9.17, 15) is 0 Å². The SMILES string of the molecule is S=C1OCC=C1C1=c2ccc([nH]2)=C(c2ccccc2)c2ccc([nH]2)C(C2=CCOC2=S)=c2ccc([nH]2)=C(c2ccccc2)c2ccc1[nH]2. The summed E-state index contributed by atoms with van der Waals surface area (Å²) >= 11 is 11.4. The average Bonchev–Trinajstić information content (AvgIpc) is 3.96. The number of thiocarbonyl (C=S) groups is 2. The predicted octanol–water partition coefficient (Wildman–Crippen LogP) is 4.77. The molecule has 9 rings (SSSR count). The van der Waals surface area contributed by atoms with Crippen LogP contribution in [0.15, 0.2) is 132 Å². The van der Waals surface area contributed by atoms with Crippen LogP contribution in [0.25, 0.3) is 22.3 Å². The topological polar surface area (TPSA) is 81.6 Å². The zero-order valence-electron chi connectivity index (χ0n) is 25.6. The Morgan fingerprint density at radius 3 is 1.10 bits per heavy atom. The monoisotopic (exact) mass is 660 g/mol. The molecule has 232 valence electrons. The van der Waals surface area contributed by atoms with E-state index in [0.717, 1.165) is 88.7 Å². The smallest absolute Gasteiger partial charge is 0.192 e. The summed E-state index contributed by atoms with van der Waals surface area (Å²) in [6.07, 6.45) is 4.11. The van der Waals surface area contributed by atoms with Gasteiger partial charge in [-0.1, -0.05) is 60.7 Å². The van der Waals surface area contributed by atoms with E-state index in [2.05, 4.69) is 129 Å². The van der Waals surface area contributed by atoms with Crippen molar-refractivity contribution in [2.75, 3.05) is 13.2 Å². The molecule has 6 nitrogen and oxygen atoms in total. The lowest BCUT2D eigenvalue weighted by molar-refractivity contribution is 0.375. The number of aromatic amines is 4. The van der Waals surface area contributed by atoms with Crippen molar-refractivity contribution in [1.82, 2.24) is 19.9 Å². The van der Waals surface area contributed by atoms with Crippen LogP contribution in [0.5, 0.6) is 0 Å². The molecule has 48 heavy (non-hydrogen) atoms. The Kier molecular flexibility index (Phi) is 6.85. The van der Waals surface area contributed by atoms with Crippen LogP contribution in [-0.4, -0.2) is 43.3 Å². The van der Waals surface area contributed by atoms with Gasteiger partial charge in [0, 0.05) is 77.6 Å². The van der Waals surface area contributed by atoms with Gasteiger partial charge in [-0.3, -0.25) is 0 Å². The molecule has 0 atom stereocenters. The first-order valence-electron chi connectivity index (χ1n) is 15.8. The van der Waals surface area contributed by atoms with E-state index in [1.165, 1.54) is 0 Å². The molecule has 4 N–H and O–H groups in total. The van der Waals surface area contributed by atoms with E-state index in [4.69, 9.17) is 33.9 Å². The number of ether oxygens (including phenoxy) is 2. The molecule has 6 aromatic rings. The first-order chi connectivity index (χ1) is 23.6. The Morgan fingerprint density at radius 1 is 0.396 bits per heavy atom. The standard InChI is InChI=1S/C40H28N4O2S2/c47-39-25(19-21-45-39)37-31-15-11-27(41-31)35(23-7-3-1-4-8-23)28-12-16-32(42-28)38(26-20-22-46-40(26)48)34-18-14-30(44-34)36(24-9-5-2-6-10-24)29-13-17-33(37)43-29/h1-20,41-44H,21-22H2. The molecule has 4 aromatic heterocycles. The van der Waals surface area contributed by atoms with Crippen LogP contribution < -0.4 is 21.4 Å². The Labute approximate surface area is 286 Å². The third kappa shape index (κ3) is 4.76. The lowest BCUT2D eigenvalue weighted by Gasteiger charge is -2.10. The number of aromatic nitrogens is 4. The highest BCUT2D eigenvalue weighted by atomic mass is 32.1. The molecule has 7 heterocycles. The second-order valence-electron chi connectivity index (χ2n) is 11.8. The molecule has 0 saturated heterocycles. The summed E-state index contributed by atoms with van der Waals surface area (Å²) in [5.41, 5.74) is 11.7. The molecule has 0 spiro atoms. The molecule has 0 amide bonds. The van der Waals surface area contributed by atoms with Crippen LogP contribution in [0.4, 0.5) is 0 Å². The molecule has 3 aliphatic rings. The summed E-state index contributed by atoms with van der Waals surface area (Å²) in [5, 5.41) is 4.76. The second kappa shape index (κ2) is 11.5. The molecule has 2 aromatic carbocycles. The van der Waals surface area contributed by atoms with Crippen LogP contribution in [0.1, 0.15) is 33.9 Å². The minimum Gasteiger partial charge on any atom is -0.479 e. The number of nitrogens with one attached hydrogen (secondary N) is 4. The molecular weight excluding hydrogens is 633 g/mol. The minimum absolute atomic E-state index is 0.446. The number of benzene rings is 2. The molecule has 0 radical (unpaired) electrons. The van der Waals surface area contributed by atoms with Gasteiger partial charge in [-0.15, -0.1) is 0 Å². The second-order valence-corrected chi connectivity index (χ2v) is 12.5. The van der Waals surface area contributed by atoms with Crippen LogP contribution in [0.3, 0.4) is 0 Å². The molecular formula is C40H28N4O2S2. The van der Waals surface area contributed by atoms with E-state index < -0.39 is 0 Å². The highest BCUT2D eigenvalue weighted by Gasteiger charge is 2.24. The van der Waals surface area contributed by atoms with Crippen LogP contribution >= 0.6 is 24.4 Å². The van der Waals surface area contributed by atoms with Crippen molar-refractivity contribution in [3.05, 3.63) is 188 Å². The highest BCUT2D eigenvalue weighted by Crippen LogP contribution is 2.30. The molecule has 0 unspecified atom stereocenters. The van der Waals surface area contributed by atoms with Gasteiger partial charge in [0.2, 0.25) is 0 Å². The van der Waals surface area contributed by atoms with Gasteiger partial charge in [0.15, 0.2) is 10.1 Å². The lowest BCUT2D eigenvalue weighted by Crippen LogP contribution is -2.20. The number of H-pyrrole nitrogens is 4. The minimum atomic E-state index is 0.446. The van der Waals surface area contributed by atoms with Crippen molar-refractivity contribution >= 4 is 56.8 Å². The van der Waals surface area contributed by atoms with Crippen molar-refractivity contribution < 1.29 is 9.47 Å². The van der Waals surface area contributed by atoms with Gasteiger partial charge in [-0.2, -0.15) is 0 Å². The Hall–Kier alpha value is -5.70. The Balaban J connectivity index is 1.43. The van der Waals surface area contributed by atoms with Crippen molar-refractivity contribution in [3.63, 3.8) is 0 Å². The van der Waals surface area contributed by atoms with Crippen molar-refractivity contribution in [3.8, 4) is 0 Å². The number of hydrogen-bond acceptors (Lipinski definition) is 4. The molecule has 0 fully saturated rings. The average molecular weight is 661 g/mol. The van der Waals surface area contributed by atoms with E-state index in [0.29, 0.717) is 23.3 Å². The van der Waals surface area contributed by atoms with Crippen molar-refractivity contribution in [2.24, 2.45) is 0 Å². The molecule has 8 heteroatoms. The van der Waals surface area contributed by atoms with Gasteiger partial charge in [0.25, 0.3) is 0 Å². The Morgan fingerprint density at radius 2 is 0.750 bits per heavy atom. The normalized spacial score (nSPS) is 15.8. The summed E-state index contributed by atoms with van der Waals surface area (Å²) in [5.74, 6) is 0. The maximum atomic E-state index is 5.78. The van der Waals surface area contributed by atoms with E-state index in [1.54, 1.807) is 0 Å². The zero-order chi connectivity index (χ0) is 32.2. The first kappa shape index (κ1) is 28.5. The fourth-order valence-electron chi connectivity index (χ4n) is 6.87. The maximum Gasteiger partial charge on any atom is 0.192 e. The Bertz CT molecular complexity index is 2410. The lowest BCUT2D eigenvalue weighted by atomic mass is 10.0. The third-order valence-corrected chi connectivity index (χ3v) is 9.68. The highest BCUT2D eigenvalue weighted by molar-refractivity contribution is 7.80. The maximum absolute atomic E-state index is 5.78. The van der Waals surface area contributed by atoms with Gasteiger partial charge in [0.1, 0.15) is 13.2 Å². The summed E-state index contributed by atoms with van der Waals surface area (Å²) in [4.78, 5) is 15.1. The summed E-state index contributed by atoms with van der Waals surface area (Å²) < 4.78 is 11.6. The summed E-state index contributed by atoms with van der Waals surface area (Å²) in [6.45, 7) is 0.893. The zero-order valence-corrected chi connectivity index (χ0v) is 27.2. The fourth-order valence-corrected chi connectivity index (χ4v) is 7.38. The van der Waals surface area contributed by atoms with Gasteiger partial charge in [-0.05, 0) is 96.2 Å². The van der Waals surface area contributed by atoms with E-state index >= 15 is 0 Å². The predicted molar refractivity (Wildman–Crippen MR) is 196 cm³/mol. The quantitative estimate of drug-likeness (QED) is 0.206. The van der Waals surface area contributed by atoms with Gasteiger partial charge in [-0.25, -0.2) is 0 Å². The van der Waals surface area contributed by atoms with Gasteiger partial charge < -0.3 is 29.4 Å². The largest absolute Gasteiger partial charge is 0.479 e. The molecule has 0 aliphatic carbocycles. The van der Waals surface area contributed by atoms with Gasteiger partial charge >= 0.3 is 0 Å². The van der Waals surface area contributed by atoms with Crippen LogP contribution in [0, 0.1) is 0 Å². The fraction of sp³-hybridized carbons (Fsp3) is 0.0500. The summed E-state index contributed by atoms with van der Waals surface area (Å²) in [7, 11) is 0. The molecule has 3 aliphatic heterocycles. The van der Waals surface area contributed by atoms with Crippen molar-refractivity contribution in [1.29, 1.82) is 0 Å². The first-order valence-corrected chi connectivity index (χ1v) is 16.6. The van der Waals surface area contributed by atoms with Crippen LogP contribution in [-0.2, 0) is 9.47 Å². The summed E-state index contributed by atoms with van der Waals surface area (Å²) in [6, 6.07) is 37.8. The number of rotatable bonds is 4. The van der Waals surface area contributed by atoms with Crippen molar-refractivity contribution in [2.45, 2.75) is 0 Å².